The van der Waals surface area contributed by atoms with Gasteiger partial charge in [-0.1, -0.05) is 12.7 Å². The Morgan fingerprint density at radius 3 is 3.06 bits per heavy atom. The summed E-state index contributed by atoms with van der Waals surface area (Å²) in [7, 11) is 0. The molecule has 0 aliphatic carbocycles. The zero-order valence-corrected chi connectivity index (χ0v) is 14.2. The van der Waals surface area contributed by atoms with Gasteiger partial charge < -0.3 is 14.9 Å². The monoisotopic (exact) mass is 429 g/mol. The first-order chi connectivity index (χ1) is 8.12. The molecular weight excluding hydrogens is 415 g/mol. The Hall–Kier alpha value is -0.928. The van der Waals surface area contributed by atoms with Gasteiger partial charge in [0, 0.05) is 17.9 Å². The SMILES string of the molecule is C=CC1CCn2cc([N+](=O)[O-])nc2O1.C[CH2][Tl]. The van der Waals surface area contributed by atoms with Gasteiger partial charge >= 0.3 is 48.5 Å². The van der Waals surface area contributed by atoms with Gasteiger partial charge in [0.25, 0.3) is 0 Å². The predicted octanol–water partition coefficient (Wildman–Crippen LogP) is 1.72. The second-order valence-corrected chi connectivity index (χ2v) is 6.60. The van der Waals surface area contributed by atoms with Crippen LogP contribution in [0.5, 0.6) is 6.01 Å². The van der Waals surface area contributed by atoms with Crippen molar-refractivity contribution in [1.82, 2.24) is 9.55 Å². The van der Waals surface area contributed by atoms with E-state index in [0.717, 1.165) is 6.42 Å². The molecule has 2 heterocycles. The van der Waals surface area contributed by atoms with Crippen LogP contribution in [0, 0.1) is 10.1 Å². The van der Waals surface area contributed by atoms with Crippen molar-refractivity contribution < 1.29 is 9.66 Å². The number of ether oxygens (including phenoxy) is 1. The molecule has 1 aliphatic rings. The fourth-order valence-electron chi connectivity index (χ4n) is 1.35. The van der Waals surface area contributed by atoms with Crippen molar-refractivity contribution in [3.63, 3.8) is 0 Å². The van der Waals surface area contributed by atoms with E-state index in [1.165, 1.54) is 35.9 Å². The van der Waals surface area contributed by atoms with Gasteiger partial charge in [0.1, 0.15) is 12.3 Å². The van der Waals surface area contributed by atoms with E-state index in [4.69, 9.17) is 4.74 Å². The minimum atomic E-state index is -0.530. The summed E-state index contributed by atoms with van der Waals surface area (Å²) in [6, 6.07) is 0.299. The van der Waals surface area contributed by atoms with E-state index in [-0.39, 0.29) is 11.9 Å². The van der Waals surface area contributed by atoms with Crippen LogP contribution in [0.3, 0.4) is 0 Å². The third-order valence-corrected chi connectivity index (χ3v) is 2.09. The Balaban J connectivity index is 0.000000437. The molecule has 0 aromatic carbocycles. The molecule has 0 N–H and O–H groups in total. The topological polar surface area (TPSA) is 70.2 Å². The van der Waals surface area contributed by atoms with E-state index in [1.54, 1.807) is 10.6 Å². The molecule has 2 rings (SSSR count). The van der Waals surface area contributed by atoms with Gasteiger partial charge in [-0.3, -0.25) is 4.57 Å². The second-order valence-electron chi connectivity index (χ2n) is 3.42. The van der Waals surface area contributed by atoms with Crippen molar-refractivity contribution in [2.45, 2.75) is 30.0 Å². The third kappa shape index (κ3) is 3.79. The number of fused-ring (bicyclic) bond motifs is 1. The average molecular weight is 429 g/mol. The second kappa shape index (κ2) is 6.72. The third-order valence-electron chi connectivity index (χ3n) is 2.09. The number of imidazole rings is 1. The predicted molar refractivity (Wildman–Crippen MR) is 64.3 cm³/mol. The summed E-state index contributed by atoms with van der Waals surface area (Å²) in [5, 5.41) is 10.4. The number of rotatable bonds is 2. The van der Waals surface area contributed by atoms with Crippen molar-refractivity contribution in [3.8, 4) is 6.01 Å². The molecule has 1 aliphatic heterocycles. The summed E-state index contributed by atoms with van der Waals surface area (Å²) in [5.74, 6) is -0.176. The number of nitrogens with zero attached hydrogens (tertiary/aromatic N) is 3. The Kier molecular flexibility index (Phi) is 5.59. The summed E-state index contributed by atoms with van der Waals surface area (Å²) >= 11 is 1.22. The van der Waals surface area contributed by atoms with Gasteiger partial charge in [-0.05, 0) is 4.92 Å². The van der Waals surface area contributed by atoms with E-state index >= 15 is 0 Å². The Morgan fingerprint density at radius 2 is 2.53 bits per heavy atom. The molecule has 7 heteroatoms. The molecule has 0 saturated carbocycles. The summed E-state index contributed by atoms with van der Waals surface area (Å²) in [6.45, 7) is 6.48. The van der Waals surface area contributed by atoms with Gasteiger partial charge in [0.15, 0.2) is 0 Å². The Morgan fingerprint density at radius 1 is 1.88 bits per heavy atom. The van der Waals surface area contributed by atoms with Crippen LogP contribution in [-0.2, 0) is 6.54 Å². The molecule has 0 saturated heterocycles. The molecule has 1 aromatic rings. The van der Waals surface area contributed by atoms with Crippen molar-refractivity contribution in [3.05, 3.63) is 29.0 Å². The molecule has 0 fully saturated rings. The zero-order chi connectivity index (χ0) is 12.8. The first-order valence-corrected chi connectivity index (χ1v) is 8.50. The van der Waals surface area contributed by atoms with Crippen LogP contribution in [0.1, 0.15) is 13.3 Å². The molecular formula is C10H14N3O3Tl. The number of aromatic nitrogens is 2. The normalized spacial score (nSPS) is 17.1. The van der Waals surface area contributed by atoms with Crippen LogP contribution in [0.2, 0.25) is 3.98 Å². The van der Waals surface area contributed by atoms with Crippen LogP contribution in [0.4, 0.5) is 5.82 Å². The van der Waals surface area contributed by atoms with Gasteiger partial charge in [-0.25, -0.2) is 0 Å². The van der Waals surface area contributed by atoms with E-state index in [9.17, 15) is 10.1 Å². The molecule has 0 bridgehead atoms. The number of aryl methyl sites for hydroxylation is 1. The number of hydrogen-bond donors (Lipinski definition) is 0. The van der Waals surface area contributed by atoms with E-state index < -0.39 is 4.92 Å². The molecule has 1 aromatic heterocycles. The minimum absolute atomic E-state index is 0.0931. The fourth-order valence-corrected chi connectivity index (χ4v) is 1.35. The maximum atomic E-state index is 10.4. The zero-order valence-electron chi connectivity index (χ0n) is 9.70. The first-order valence-electron chi connectivity index (χ1n) is 5.33. The van der Waals surface area contributed by atoms with Crippen LogP contribution in [0.25, 0.3) is 0 Å². The van der Waals surface area contributed by atoms with E-state index in [0.29, 0.717) is 12.6 Å². The van der Waals surface area contributed by atoms with Crippen molar-refractivity contribution in [2.24, 2.45) is 0 Å². The molecule has 6 nitrogen and oxygen atoms in total. The van der Waals surface area contributed by atoms with Gasteiger partial charge in [-0.15, -0.1) is 0 Å². The summed E-state index contributed by atoms with van der Waals surface area (Å²) < 4.78 is 8.39. The van der Waals surface area contributed by atoms with Crippen LogP contribution in [-0.4, -0.2) is 46.3 Å². The molecule has 90 valence electrons. The van der Waals surface area contributed by atoms with Crippen LogP contribution >= 0.6 is 0 Å². The average Bonchev–Trinajstić information content (AvgIpc) is 2.72. The van der Waals surface area contributed by atoms with Crippen molar-refractivity contribution >= 4 is 31.6 Å². The van der Waals surface area contributed by atoms with E-state index in [2.05, 4.69) is 18.5 Å². The van der Waals surface area contributed by atoms with Gasteiger partial charge in [0.2, 0.25) is 0 Å². The van der Waals surface area contributed by atoms with Crippen LogP contribution < -0.4 is 4.74 Å². The van der Waals surface area contributed by atoms with Gasteiger partial charge in [-0.2, -0.15) is 0 Å². The van der Waals surface area contributed by atoms with Crippen molar-refractivity contribution in [2.75, 3.05) is 0 Å². The van der Waals surface area contributed by atoms with Gasteiger partial charge in [0.05, 0.1) is 0 Å². The fraction of sp³-hybridized carbons (Fsp3) is 0.500. The van der Waals surface area contributed by atoms with E-state index in [1.807, 2.05) is 0 Å². The molecule has 0 amide bonds. The summed E-state index contributed by atoms with van der Waals surface area (Å²) in [6.07, 6.45) is 3.73. The molecule has 17 heavy (non-hydrogen) atoms. The molecule has 0 radical (unpaired) electrons. The Labute approximate surface area is 116 Å². The standard InChI is InChI=1S/C8H9N3O3.C2H5.Tl/c1-2-6-3-4-10-5-7(11(12)13)9-8(10)14-6;1-2;/h2,5-6H,1,3-4H2;1H2,2H3;. The number of nitro groups is 1. The molecule has 1 atom stereocenters. The van der Waals surface area contributed by atoms with Crippen molar-refractivity contribution in [1.29, 1.82) is 0 Å². The number of hydrogen-bond acceptors (Lipinski definition) is 4. The summed E-state index contributed by atoms with van der Waals surface area (Å²) in [4.78, 5) is 13.6. The Bertz CT molecular complexity index is 406. The van der Waals surface area contributed by atoms with Crippen LogP contribution in [0.15, 0.2) is 18.9 Å². The molecule has 0 spiro atoms. The maximum absolute atomic E-state index is 10.4. The first kappa shape index (κ1) is 14.1. The quantitative estimate of drug-likeness (QED) is 0.311. The summed E-state index contributed by atoms with van der Waals surface area (Å²) in [5.41, 5.74) is 0. The molecule has 1 unspecified atom stereocenters.